The smallest absolute Gasteiger partial charge is 0.183 e. The van der Waals surface area contributed by atoms with Gasteiger partial charge in [0.15, 0.2) is 5.13 Å². The zero-order valence-electron chi connectivity index (χ0n) is 9.92. The van der Waals surface area contributed by atoms with Crippen LogP contribution in [-0.2, 0) is 0 Å². The summed E-state index contributed by atoms with van der Waals surface area (Å²) in [6.45, 7) is 5.36. The molecule has 1 aromatic carbocycles. The van der Waals surface area contributed by atoms with E-state index in [2.05, 4.69) is 42.3 Å². The minimum atomic E-state index is 1.03. The van der Waals surface area contributed by atoms with Crippen molar-refractivity contribution in [2.45, 2.75) is 33.1 Å². The highest BCUT2D eigenvalue weighted by Gasteiger charge is 2.02. The van der Waals surface area contributed by atoms with E-state index >= 15 is 0 Å². The number of aryl methyl sites for hydroxylation is 1. The van der Waals surface area contributed by atoms with E-state index in [0.29, 0.717) is 0 Å². The van der Waals surface area contributed by atoms with Crippen LogP contribution < -0.4 is 5.32 Å². The summed E-state index contributed by atoms with van der Waals surface area (Å²) in [6.07, 6.45) is 3.78. The van der Waals surface area contributed by atoms with Gasteiger partial charge in [0, 0.05) is 6.54 Å². The Kier molecular flexibility index (Phi) is 3.78. The normalized spacial score (nSPS) is 10.9. The highest BCUT2D eigenvalue weighted by molar-refractivity contribution is 7.22. The molecule has 0 amide bonds. The largest absolute Gasteiger partial charge is 0.361 e. The van der Waals surface area contributed by atoms with Crippen LogP contribution in [0.25, 0.3) is 10.2 Å². The average Bonchev–Trinajstić information content (AvgIpc) is 2.66. The number of anilines is 1. The molecule has 2 rings (SSSR count). The molecule has 0 spiro atoms. The van der Waals surface area contributed by atoms with E-state index < -0.39 is 0 Å². The quantitative estimate of drug-likeness (QED) is 0.784. The molecule has 0 saturated heterocycles. The Labute approximate surface area is 101 Å². The lowest BCUT2D eigenvalue weighted by molar-refractivity contribution is 0.743. The second-order valence-corrected chi connectivity index (χ2v) is 5.15. The van der Waals surface area contributed by atoms with Crippen LogP contribution in [0.15, 0.2) is 18.2 Å². The van der Waals surface area contributed by atoms with Crippen LogP contribution in [0.5, 0.6) is 0 Å². The number of rotatable bonds is 5. The summed E-state index contributed by atoms with van der Waals surface area (Å²) in [7, 11) is 0. The SMILES string of the molecule is CCCCCNc1nc2cc(C)ccc2s1. The van der Waals surface area contributed by atoms with Crippen molar-refractivity contribution in [1.82, 2.24) is 4.98 Å². The lowest BCUT2D eigenvalue weighted by Gasteiger charge is -1.99. The maximum atomic E-state index is 4.58. The van der Waals surface area contributed by atoms with Gasteiger partial charge in [0.25, 0.3) is 0 Å². The Bertz CT molecular complexity index is 462. The lowest BCUT2D eigenvalue weighted by Crippen LogP contribution is -2.00. The molecule has 1 heterocycles. The molecule has 0 radical (unpaired) electrons. The van der Waals surface area contributed by atoms with Crippen molar-refractivity contribution in [3.63, 3.8) is 0 Å². The second-order valence-electron chi connectivity index (χ2n) is 4.12. The third-order valence-electron chi connectivity index (χ3n) is 2.60. The van der Waals surface area contributed by atoms with Gasteiger partial charge in [-0.3, -0.25) is 0 Å². The molecule has 3 heteroatoms. The Morgan fingerprint density at radius 3 is 3.00 bits per heavy atom. The van der Waals surface area contributed by atoms with E-state index in [0.717, 1.165) is 17.2 Å². The Morgan fingerprint density at radius 2 is 2.19 bits per heavy atom. The number of fused-ring (bicyclic) bond motifs is 1. The molecule has 0 aliphatic carbocycles. The number of nitrogens with one attached hydrogen (secondary N) is 1. The molecule has 0 unspecified atom stereocenters. The van der Waals surface area contributed by atoms with Crippen LogP contribution in [0.4, 0.5) is 5.13 Å². The summed E-state index contributed by atoms with van der Waals surface area (Å²) in [6, 6.07) is 6.43. The van der Waals surface area contributed by atoms with Gasteiger partial charge in [0.05, 0.1) is 10.2 Å². The van der Waals surface area contributed by atoms with E-state index in [9.17, 15) is 0 Å². The maximum Gasteiger partial charge on any atom is 0.183 e. The van der Waals surface area contributed by atoms with Gasteiger partial charge in [-0.25, -0.2) is 4.98 Å². The first-order valence-corrected chi connectivity index (χ1v) is 6.72. The zero-order valence-corrected chi connectivity index (χ0v) is 10.7. The minimum absolute atomic E-state index is 1.03. The predicted octanol–water partition coefficient (Wildman–Crippen LogP) is 4.21. The monoisotopic (exact) mass is 234 g/mol. The first kappa shape index (κ1) is 11.4. The van der Waals surface area contributed by atoms with E-state index in [1.807, 2.05) is 0 Å². The molecule has 0 atom stereocenters. The fourth-order valence-electron chi connectivity index (χ4n) is 1.68. The fraction of sp³-hybridized carbons (Fsp3) is 0.462. The fourth-order valence-corrected chi connectivity index (χ4v) is 2.56. The highest BCUT2D eigenvalue weighted by atomic mass is 32.1. The van der Waals surface area contributed by atoms with Gasteiger partial charge in [-0.1, -0.05) is 37.2 Å². The van der Waals surface area contributed by atoms with Crippen LogP contribution in [0.1, 0.15) is 31.7 Å². The van der Waals surface area contributed by atoms with Crippen LogP contribution in [-0.4, -0.2) is 11.5 Å². The number of hydrogen-bond donors (Lipinski definition) is 1. The Hall–Kier alpha value is -1.09. The first-order chi connectivity index (χ1) is 7.79. The van der Waals surface area contributed by atoms with Crippen molar-refractivity contribution >= 4 is 26.7 Å². The molecule has 1 N–H and O–H groups in total. The Morgan fingerprint density at radius 1 is 1.31 bits per heavy atom. The summed E-state index contributed by atoms with van der Waals surface area (Å²) >= 11 is 1.74. The predicted molar refractivity (Wildman–Crippen MR) is 72.4 cm³/mol. The van der Waals surface area contributed by atoms with Crippen LogP contribution >= 0.6 is 11.3 Å². The summed E-state index contributed by atoms with van der Waals surface area (Å²) in [4.78, 5) is 4.58. The van der Waals surface area contributed by atoms with Crippen molar-refractivity contribution in [1.29, 1.82) is 0 Å². The van der Waals surface area contributed by atoms with Gasteiger partial charge in [-0.05, 0) is 31.0 Å². The molecule has 0 saturated carbocycles. The molecule has 16 heavy (non-hydrogen) atoms. The van der Waals surface area contributed by atoms with Crippen LogP contribution in [0, 0.1) is 6.92 Å². The van der Waals surface area contributed by atoms with Gasteiger partial charge < -0.3 is 5.32 Å². The third-order valence-corrected chi connectivity index (χ3v) is 3.59. The summed E-state index contributed by atoms with van der Waals surface area (Å²) < 4.78 is 1.27. The van der Waals surface area contributed by atoms with Gasteiger partial charge in [-0.15, -0.1) is 0 Å². The second kappa shape index (κ2) is 5.30. The Balaban J connectivity index is 2.02. The van der Waals surface area contributed by atoms with Crippen molar-refractivity contribution in [3.05, 3.63) is 23.8 Å². The minimum Gasteiger partial charge on any atom is -0.361 e. The van der Waals surface area contributed by atoms with Crippen LogP contribution in [0.3, 0.4) is 0 Å². The number of hydrogen-bond acceptors (Lipinski definition) is 3. The topological polar surface area (TPSA) is 24.9 Å². The molecule has 0 bridgehead atoms. The molecular formula is C13H18N2S. The van der Waals surface area contributed by atoms with E-state index in [1.165, 1.54) is 29.5 Å². The molecule has 0 aliphatic heterocycles. The molecule has 0 fully saturated rings. The van der Waals surface area contributed by atoms with Gasteiger partial charge >= 0.3 is 0 Å². The first-order valence-electron chi connectivity index (χ1n) is 5.90. The highest BCUT2D eigenvalue weighted by Crippen LogP contribution is 2.26. The van der Waals surface area contributed by atoms with Crippen LogP contribution in [0.2, 0.25) is 0 Å². The zero-order chi connectivity index (χ0) is 11.4. The number of aromatic nitrogens is 1. The van der Waals surface area contributed by atoms with Crippen molar-refractivity contribution < 1.29 is 0 Å². The van der Waals surface area contributed by atoms with Gasteiger partial charge in [0.1, 0.15) is 0 Å². The van der Waals surface area contributed by atoms with Crippen molar-refractivity contribution in [2.75, 3.05) is 11.9 Å². The van der Waals surface area contributed by atoms with Gasteiger partial charge in [-0.2, -0.15) is 0 Å². The number of benzene rings is 1. The van der Waals surface area contributed by atoms with Gasteiger partial charge in [0.2, 0.25) is 0 Å². The maximum absolute atomic E-state index is 4.58. The number of thiazole rings is 1. The molecule has 0 aliphatic rings. The molecule has 1 aromatic heterocycles. The lowest BCUT2D eigenvalue weighted by atomic mass is 10.2. The number of unbranched alkanes of at least 4 members (excludes halogenated alkanes) is 2. The average molecular weight is 234 g/mol. The van der Waals surface area contributed by atoms with Crippen molar-refractivity contribution in [2.24, 2.45) is 0 Å². The standard InChI is InChI=1S/C13H18N2S/c1-3-4-5-8-14-13-15-11-9-10(2)6-7-12(11)16-13/h6-7,9H,3-5,8H2,1-2H3,(H,14,15). The van der Waals surface area contributed by atoms with E-state index in [-0.39, 0.29) is 0 Å². The molecule has 2 nitrogen and oxygen atoms in total. The summed E-state index contributed by atoms with van der Waals surface area (Å²) in [5.41, 5.74) is 2.39. The van der Waals surface area contributed by atoms with E-state index in [1.54, 1.807) is 11.3 Å². The van der Waals surface area contributed by atoms with E-state index in [4.69, 9.17) is 0 Å². The number of nitrogens with zero attached hydrogens (tertiary/aromatic N) is 1. The third kappa shape index (κ3) is 2.73. The summed E-state index contributed by atoms with van der Waals surface area (Å²) in [5, 5.41) is 4.45. The van der Waals surface area contributed by atoms with Crippen molar-refractivity contribution in [3.8, 4) is 0 Å². The molecule has 2 aromatic rings. The molecular weight excluding hydrogens is 216 g/mol. The molecule has 86 valence electrons. The summed E-state index contributed by atoms with van der Waals surface area (Å²) in [5.74, 6) is 0.